The quantitative estimate of drug-likeness (QED) is 0.285. The number of nitrogens with one attached hydrogen (secondary N) is 4. The summed E-state index contributed by atoms with van der Waals surface area (Å²) < 4.78 is 21.5. The Labute approximate surface area is 210 Å². The van der Waals surface area contributed by atoms with E-state index in [1.807, 2.05) is 6.07 Å². The van der Waals surface area contributed by atoms with Crippen molar-refractivity contribution in [1.29, 1.82) is 0 Å². The van der Waals surface area contributed by atoms with Gasteiger partial charge in [0.25, 0.3) is 5.91 Å². The highest BCUT2D eigenvalue weighted by molar-refractivity contribution is 7.20. The van der Waals surface area contributed by atoms with Gasteiger partial charge in [0, 0.05) is 41.0 Å². The largest absolute Gasteiger partial charge is 0.453 e. The van der Waals surface area contributed by atoms with Crippen LogP contribution in [0.1, 0.15) is 21.7 Å². The molecule has 0 unspecified atom stereocenters. The van der Waals surface area contributed by atoms with E-state index in [0.29, 0.717) is 11.3 Å². The number of rotatable bonds is 5. The topological polar surface area (TPSA) is 104 Å². The number of pyridine rings is 1. The second-order valence-corrected chi connectivity index (χ2v) is 9.02. The molecule has 0 bridgehead atoms. The van der Waals surface area contributed by atoms with Crippen LogP contribution in [-0.2, 0) is 0 Å². The van der Waals surface area contributed by atoms with Crippen molar-refractivity contribution in [2.75, 3.05) is 18.4 Å². The van der Waals surface area contributed by atoms with Gasteiger partial charge in [-0.2, -0.15) is 0 Å². The molecule has 2 aromatic heterocycles. The van der Waals surface area contributed by atoms with Gasteiger partial charge in [0.15, 0.2) is 11.6 Å². The first-order chi connectivity index (χ1) is 17.6. The molecule has 0 saturated heterocycles. The number of ether oxygens (including phenoxy) is 1. The number of carbonyl (C=O) groups excluding carboxylic acids is 2. The van der Waals surface area contributed by atoms with Gasteiger partial charge in [-0.15, -0.1) is 11.3 Å². The first-order valence-electron chi connectivity index (χ1n) is 11.3. The minimum atomic E-state index is -0.721. The molecule has 0 spiro atoms. The predicted octanol–water partition coefficient (Wildman–Crippen LogP) is 5.07. The lowest BCUT2D eigenvalue weighted by molar-refractivity contribution is 0.0938. The minimum Gasteiger partial charge on any atom is -0.453 e. The number of hydrogen-bond donors (Lipinski definition) is 4. The van der Waals surface area contributed by atoms with Crippen molar-refractivity contribution in [3.8, 4) is 11.5 Å². The molecule has 3 heterocycles. The summed E-state index contributed by atoms with van der Waals surface area (Å²) in [6.45, 7) is 1.77. The fourth-order valence-corrected chi connectivity index (χ4v) is 4.85. The van der Waals surface area contributed by atoms with Crippen LogP contribution in [0.5, 0.6) is 11.5 Å². The fourth-order valence-electron chi connectivity index (χ4n) is 3.72. The molecule has 5 rings (SSSR count). The van der Waals surface area contributed by atoms with Crippen molar-refractivity contribution in [3.63, 3.8) is 0 Å². The number of halogens is 1. The summed E-state index contributed by atoms with van der Waals surface area (Å²) in [5.41, 5.74) is 7.17. The fraction of sp³-hybridized carbons (Fsp3) is 0.115. The molecule has 4 N–H and O–H groups in total. The number of anilines is 1. The first-order valence-corrected chi connectivity index (χ1v) is 12.1. The van der Waals surface area contributed by atoms with Crippen LogP contribution >= 0.6 is 11.3 Å². The Balaban J connectivity index is 1.25. The number of benzene rings is 2. The molecule has 182 valence electrons. The molecule has 4 aromatic rings. The molecule has 0 fully saturated rings. The lowest BCUT2D eigenvalue weighted by Crippen LogP contribution is -2.43. The number of thiophene rings is 1. The molecule has 1 aliphatic rings. The van der Waals surface area contributed by atoms with E-state index < -0.39 is 17.8 Å². The van der Waals surface area contributed by atoms with Crippen LogP contribution in [0.25, 0.3) is 15.8 Å². The molecular formula is C26H22FN5O3S. The highest BCUT2D eigenvalue weighted by Crippen LogP contribution is 2.39. The SMILES string of the molecule is O=C(NNC(=O)c1ccccc1)Nc1ccc(Oc2ccnc3cc(C4=CCNCC4)sc23)c(F)c1. The van der Waals surface area contributed by atoms with Crippen LogP contribution in [0.2, 0.25) is 0 Å². The van der Waals surface area contributed by atoms with E-state index in [1.165, 1.54) is 17.7 Å². The van der Waals surface area contributed by atoms with Crippen LogP contribution in [0.3, 0.4) is 0 Å². The van der Waals surface area contributed by atoms with Crippen LogP contribution in [0.4, 0.5) is 14.9 Å². The Morgan fingerprint density at radius 3 is 2.67 bits per heavy atom. The second-order valence-electron chi connectivity index (χ2n) is 7.96. The summed E-state index contributed by atoms with van der Waals surface area (Å²) in [5.74, 6) is -0.602. The smallest absolute Gasteiger partial charge is 0.337 e. The maximum absolute atomic E-state index is 14.8. The van der Waals surface area contributed by atoms with Crippen LogP contribution < -0.4 is 26.2 Å². The summed E-state index contributed by atoms with van der Waals surface area (Å²) in [4.78, 5) is 29.7. The number of carbonyl (C=O) groups is 2. The van der Waals surface area contributed by atoms with Crippen molar-refractivity contribution in [2.45, 2.75) is 6.42 Å². The lowest BCUT2D eigenvalue weighted by atomic mass is 10.1. The predicted molar refractivity (Wildman–Crippen MR) is 138 cm³/mol. The molecule has 0 aliphatic carbocycles. The van der Waals surface area contributed by atoms with E-state index >= 15 is 0 Å². The van der Waals surface area contributed by atoms with Crippen molar-refractivity contribution in [2.24, 2.45) is 0 Å². The molecule has 1 aliphatic heterocycles. The van der Waals surface area contributed by atoms with Gasteiger partial charge >= 0.3 is 6.03 Å². The summed E-state index contributed by atoms with van der Waals surface area (Å²) in [7, 11) is 0. The van der Waals surface area contributed by atoms with Gasteiger partial charge in [0.1, 0.15) is 5.75 Å². The van der Waals surface area contributed by atoms with Crippen LogP contribution in [0, 0.1) is 5.82 Å². The Morgan fingerprint density at radius 1 is 1.03 bits per heavy atom. The second kappa shape index (κ2) is 10.5. The monoisotopic (exact) mass is 503 g/mol. The van der Waals surface area contributed by atoms with E-state index in [9.17, 15) is 14.0 Å². The Bertz CT molecular complexity index is 1450. The van der Waals surface area contributed by atoms with E-state index in [1.54, 1.807) is 53.9 Å². The van der Waals surface area contributed by atoms with Crippen LogP contribution in [0.15, 0.2) is 72.9 Å². The number of amides is 3. The third-order valence-electron chi connectivity index (χ3n) is 5.49. The average molecular weight is 504 g/mol. The van der Waals surface area contributed by atoms with E-state index in [-0.39, 0.29) is 11.4 Å². The number of aromatic nitrogens is 1. The van der Waals surface area contributed by atoms with Crippen LogP contribution in [-0.4, -0.2) is 30.0 Å². The molecule has 36 heavy (non-hydrogen) atoms. The zero-order valence-electron chi connectivity index (χ0n) is 19.0. The maximum atomic E-state index is 14.8. The lowest BCUT2D eigenvalue weighted by Gasteiger charge is -2.12. The van der Waals surface area contributed by atoms with Gasteiger partial charge in [-0.05, 0) is 48.9 Å². The highest BCUT2D eigenvalue weighted by atomic mass is 32.1. The van der Waals surface area contributed by atoms with Gasteiger partial charge in [-0.1, -0.05) is 24.3 Å². The molecule has 10 heteroatoms. The van der Waals surface area contributed by atoms with Crippen molar-refractivity contribution >= 4 is 44.8 Å². The van der Waals surface area contributed by atoms with Gasteiger partial charge in [-0.3, -0.25) is 15.2 Å². The Kier molecular flexibility index (Phi) is 6.87. The summed E-state index contributed by atoms with van der Waals surface area (Å²) in [6.07, 6.45) is 4.74. The van der Waals surface area contributed by atoms with E-state index in [4.69, 9.17) is 4.74 Å². The summed E-state index contributed by atoms with van der Waals surface area (Å²) in [5, 5.41) is 5.77. The van der Waals surface area contributed by atoms with Crippen molar-refractivity contribution in [1.82, 2.24) is 21.2 Å². The van der Waals surface area contributed by atoms with Gasteiger partial charge in [-0.25, -0.2) is 14.6 Å². The molecule has 0 saturated carbocycles. The molecule has 0 radical (unpaired) electrons. The summed E-state index contributed by atoms with van der Waals surface area (Å²) >= 11 is 1.57. The Morgan fingerprint density at radius 2 is 1.89 bits per heavy atom. The number of nitrogens with zero attached hydrogens (tertiary/aromatic N) is 1. The molecular weight excluding hydrogens is 481 g/mol. The Hall–Kier alpha value is -4.28. The molecule has 0 atom stereocenters. The van der Waals surface area contributed by atoms with Crippen molar-refractivity contribution in [3.05, 3.63) is 89.2 Å². The number of hydrogen-bond acceptors (Lipinski definition) is 6. The highest BCUT2D eigenvalue weighted by Gasteiger charge is 2.15. The normalized spacial score (nSPS) is 13.1. The molecule has 8 nitrogen and oxygen atoms in total. The zero-order valence-corrected chi connectivity index (χ0v) is 19.8. The number of hydrazine groups is 1. The average Bonchev–Trinajstić information content (AvgIpc) is 3.35. The van der Waals surface area contributed by atoms with Gasteiger partial charge in [0.2, 0.25) is 0 Å². The molecule has 3 amide bonds. The standard InChI is InChI=1S/C26H22FN5O3S/c27-19-14-18(30-26(34)32-31-25(33)17-4-2-1-3-5-17)6-7-21(19)35-22-10-13-29-20-15-23(36-24(20)22)16-8-11-28-12-9-16/h1-8,10,13-15,28H,9,11-12H2,(H,31,33)(H2,30,32,34). The number of fused-ring (bicyclic) bond motifs is 1. The van der Waals surface area contributed by atoms with E-state index in [2.05, 4.69) is 32.5 Å². The van der Waals surface area contributed by atoms with E-state index in [0.717, 1.165) is 40.7 Å². The maximum Gasteiger partial charge on any atom is 0.337 e. The summed E-state index contributed by atoms with van der Waals surface area (Å²) in [6, 6.07) is 15.5. The van der Waals surface area contributed by atoms with Gasteiger partial charge < -0.3 is 15.4 Å². The third kappa shape index (κ3) is 5.35. The third-order valence-corrected chi connectivity index (χ3v) is 6.71. The zero-order chi connectivity index (χ0) is 24.9. The first kappa shape index (κ1) is 23.5. The molecule has 2 aromatic carbocycles. The van der Waals surface area contributed by atoms with Crippen molar-refractivity contribution < 1.29 is 18.7 Å². The minimum absolute atomic E-state index is 0.0156. The van der Waals surface area contributed by atoms with Gasteiger partial charge in [0.05, 0.1) is 10.2 Å². The number of urea groups is 1.